The van der Waals surface area contributed by atoms with Gasteiger partial charge in [0.25, 0.3) is 0 Å². The average molecular weight is 198 g/mol. The van der Waals surface area contributed by atoms with Crippen LogP contribution < -0.4 is 5.73 Å². The summed E-state index contributed by atoms with van der Waals surface area (Å²) in [6.07, 6.45) is 0.489. The molecule has 0 saturated heterocycles. The Balaban J connectivity index is 2.63. The van der Waals surface area contributed by atoms with E-state index in [1.165, 1.54) is 12.1 Å². The highest BCUT2D eigenvalue weighted by Crippen LogP contribution is 2.08. The fourth-order valence-electron chi connectivity index (χ4n) is 1.12. The van der Waals surface area contributed by atoms with Crippen LogP contribution in [0.3, 0.4) is 0 Å². The summed E-state index contributed by atoms with van der Waals surface area (Å²) in [6.45, 7) is 2.12. The molecule has 0 aliphatic carbocycles. The number of aliphatic imine (C=N–C) groups is 1. The van der Waals surface area contributed by atoms with Crippen molar-refractivity contribution in [3.8, 4) is 0 Å². The number of nitrogens with two attached hydrogens (primary N) is 1. The van der Waals surface area contributed by atoms with E-state index in [1.807, 2.05) is 0 Å². The van der Waals surface area contributed by atoms with Crippen molar-refractivity contribution in [1.82, 2.24) is 0 Å². The van der Waals surface area contributed by atoms with Gasteiger partial charge < -0.3 is 5.73 Å². The molecule has 1 rings (SSSR count). The van der Waals surface area contributed by atoms with E-state index in [9.17, 15) is 8.78 Å². The van der Waals surface area contributed by atoms with Crippen LogP contribution in [0, 0.1) is 11.6 Å². The molecule has 0 spiro atoms. The lowest BCUT2D eigenvalue weighted by Crippen LogP contribution is -2.06. The molecule has 2 N–H and O–H groups in total. The largest absolute Gasteiger partial charge is 0.388 e. The van der Waals surface area contributed by atoms with Crippen molar-refractivity contribution in [3.63, 3.8) is 0 Å². The van der Waals surface area contributed by atoms with Crippen LogP contribution in [0.5, 0.6) is 0 Å². The van der Waals surface area contributed by atoms with Crippen LogP contribution >= 0.6 is 0 Å². The quantitative estimate of drug-likeness (QED) is 0.584. The zero-order valence-corrected chi connectivity index (χ0v) is 7.93. The van der Waals surface area contributed by atoms with Gasteiger partial charge in [0.1, 0.15) is 11.6 Å². The first-order valence-corrected chi connectivity index (χ1v) is 4.29. The third-order valence-electron chi connectivity index (χ3n) is 1.68. The number of nitrogens with zero attached hydrogens (tertiary/aromatic N) is 1. The van der Waals surface area contributed by atoms with Crippen LogP contribution in [0.1, 0.15) is 12.5 Å². The van der Waals surface area contributed by atoms with Crippen LogP contribution in [-0.2, 0) is 6.42 Å². The predicted molar refractivity (Wildman–Crippen MR) is 52.2 cm³/mol. The Hall–Kier alpha value is -1.45. The molecule has 14 heavy (non-hydrogen) atoms. The van der Waals surface area contributed by atoms with E-state index in [1.54, 1.807) is 6.92 Å². The molecule has 2 nitrogen and oxygen atoms in total. The minimum absolute atomic E-state index is 0.450. The fraction of sp³-hybridized carbons (Fsp3) is 0.300. The zero-order chi connectivity index (χ0) is 10.6. The van der Waals surface area contributed by atoms with Gasteiger partial charge >= 0.3 is 0 Å². The predicted octanol–water partition coefficient (Wildman–Crippen LogP) is 1.88. The first-order chi connectivity index (χ1) is 6.58. The SMILES string of the molecule is CC(N)=NCCc1cc(F)cc(F)c1. The Labute approximate surface area is 81.5 Å². The minimum atomic E-state index is -0.562. The lowest BCUT2D eigenvalue weighted by Gasteiger charge is -1.99. The Morgan fingerprint density at radius 3 is 2.36 bits per heavy atom. The highest BCUT2D eigenvalue weighted by atomic mass is 19.1. The van der Waals surface area contributed by atoms with Crippen LogP contribution in [0.2, 0.25) is 0 Å². The maximum atomic E-state index is 12.7. The smallest absolute Gasteiger partial charge is 0.126 e. The molecular formula is C10H12F2N2. The lowest BCUT2D eigenvalue weighted by molar-refractivity contribution is 0.579. The number of halogens is 2. The lowest BCUT2D eigenvalue weighted by atomic mass is 10.1. The average Bonchev–Trinajstić information content (AvgIpc) is 2.01. The van der Waals surface area contributed by atoms with E-state index in [-0.39, 0.29) is 0 Å². The van der Waals surface area contributed by atoms with Gasteiger partial charge in [0.2, 0.25) is 0 Å². The maximum Gasteiger partial charge on any atom is 0.126 e. The second-order valence-electron chi connectivity index (χ2n) is 3.05. The third-order valence-corrected chi connectivity index (χ3v) is 1.68. The summed E-state index contributed by atoms with van der Waals surface area (Å²) in [6, 6.07) is 3.44. The fourth-order valence-corrected chi connectivity index (χ4v) is 1.12. The van der Waals surface area contributed by atoms with Crippen LogP contribution in [0.25, 0.3) is 0 Å². The first kappa shape index (κ1) is 10.6. The van der Waals surface area contributed by atoms with Crippen LogP contribution in [0.4, 0.5) is 8.78 Å². The molecule has 0 atom stereocenters. The van der Waals surface area contributed by atoms with Gasteiger partial charge in [-0.1, -0.05) is 0 Å². The Kier molecular flexibility index (Phi) is 3.56. The summed E-state index contributed by atoms with van der Waals surface area (Å²) in [5.74, 6) is -0.649. The van der Waals surface area contributed by atoms with E-state index in [0.717, 1.165) is 6.07 Å². The zero-order valence-electron chi connectivity index (χ0n) is 7.93. The molecule has 0 saturated carbocycles. The topological polar surface area (TPSA) is 38.4 Å². The van der Waals surface area contributed by atoms with Gasteiger partial charge in [-0.15, -0.1) is 0 Å². The van der Waals surface area contributed by atoms with E-state index < -0.39 is 11.6 Å². The van der Waals surface area contributed by atoms with Gasteiger partial charge in [0, 0.05) is 12.6 Å². The number of rotatable bonds is 3. The van der Waals surface area contributed by atoms with Gasteiger partial charge in [0.05, 0.1) is 5.84 Å². The molecule has 0 aliphatic rings. The van der Waals surface area contributed by atoms with E-state index in [2.05, 4.69) is 4.99 Å². The van der Waals surface area contributed by atoms with Gasteiger partial charge in [0.15, 0.2) is 0 Å². The molecule has 4 heteroatoms. The molecule has 0 bridgehead atoms. The van der Waals surface area contributed by atoms with Gasteiger partial charge in [-0.2, -0.15) is 0 Å². The van der Waals surface area contributed by atoms with Gasteiger partial charge in [-0.3, -0.25) is 4.99 Å². The maximum absolute atomic E-state index is 12.7. The summed E-state index contributed by atoms with van der Waals surface area (Å²) < 4.78 is 25.4. The molecule has 0 amide bonds. The van der Waals surface area contributed by atoms with Crippen molar-refractivity contribution in [2.24, 2.45) is 10.7 Å². The number of hydrogen-bond donors (Lipinski definition) is 1. The van der Waals surface area contributed by atoms with Crippen molar-refractivity contribution in [2.45, 2.75) is 13.3 Å². The van der Waals surface area contributed by atoms with Crippen molar-refractivity contribution in [1.29, 1.82) is 0 Å². The first-order valence-electron chi connectivity index (χ1n) is 4.29. The summed E-state index contributed by atoms with van der Waals surface area (Å²) >= 11 is 0. The monoisotopic (exact) mass is 198 g/mol. The van der Waals surface area contributed by atoms with E-state index in [4.69, 9.17) is 5.73 Å². The number of benzene rings is 1. The molecule has 0 unspecified atom stereocenters. The summed E-state index contributed by atoms with van der Waals surface area (Å²) in [5, 5.41) is 0. The van der Waals surface area contributed by atoms with Crippen LogP contribution in [0.15, 0.2) is 23.2 Å². The Morgan fingerprint density at radius 1 is 1.29 bits per heavy atom. The normalized spacial score (nSPS) is 11.8. The molecule has 76 valence electrons. The molecule has 0 aromatic heterocycles. The second kappa shape index (κ2) is 4.69. The highest BCUT2D eigenvalue weighted by Gasteiger charge is 1.99. The molecule has 1 aromatic rings. The van der Waals surface area contributed by atoms with Crippen molar-refractivity contribution in [3.05, 3.63) is 35.4 Å². The Morgan fingerprint density at radius 2 is 1.86 bits per heavy atom. The number of hydrogen-bond acceptors (Lipinski definition) is 1. The standard InChI is InChI=1S/C10H12F2N2/c1-7(13)14-3-2-8-4-9(11)6-10(12)5-8/h4-6H,2-3H2,1H3,(H2,13,14). The molecule has 0 radical (unpaired) electrons. The van der Waals surface area contributed by atoms with Crippen LogP contribution in [-0.4, -0.2) is 12.4 Å². The molecule has 0 fully saturated rings. The van der Waals surface area contributed by atoms with Crippen molar-refractivity contribution in [2.75, 3.05) is 6.54 Å². The van der Waals surface area contributed by atoms with E-state index >= 15 is 0 Å². The molecule has 0 aliphatic heterocycles. The van der Waals surface area contributed by atoms with Crippen molar-refractivity contribution < 1.29 is 8.78 Å². The summed E-state index contributed by atoms with van der Waals surface area (Å²) in [5.41, 5.74) is 5.91. The summed E-state index contributed by atoms with van der Waals surface area (Å²) in [7, 11) is 0. The summed E-state index contributed by atoms with van der Waals surface area (Å²) in [4.78, 5) is 3.93. The molecule has 1 aromatic carbocycles. The minimum Gasteiger partial charge on any atom is -0.388 e. The molecular weight excluding hydrogens is 186 g/mol. The number of amidine groups is 1. The van der Waals surface area contributed by atoms with Gasteiger partial charge in [-0.25, -0.2) is 8.78 Å². The highest BCUT2D eigenvalue weighted by molar-refractivity contribution is 5.77. The van der Waals surface area contributed by atoms with Gasteiger partial charge in [-0.05, 0) is 31.0 Å². The third kappa shape index (κ3) is 3.51. The van der Waals surface area contributed by atoms with E-state index in [0.29, 0.717) is 24.4 Å². The second-order valence-corrected chi connectivity index (χ2v) is 3.05. The van der Waals surface area contributed by atoms with Crippen molar-refractivity contribution >= 4 is 5.84 Å². The molecule has 0 heterocycles. The Bertz CT molecular complexity index is 324.